The summed E-state index contributed by atoms with van der Waals surface area (Å²) in [6.45, 7) is 4.88. The molecule has 1 heterocycles. The standard InChI is InChI=1S/C17H25N3O2/c1-4-13-5-7-15(8-6-13)20-11-14(9-16(20)21)17(22)19(3)12(2)10-18/h5-8,12,14H,4,9-11,18H2,1-3H3. The molecule has 2 rings (SSSR count). The van der Waals surface area contributed by atoms with E-state index in [1.54, 1.807) is 16.8 Å². The molecule has 0 aliphatic carbocycles. The molecule has 0 spiro atoms. The monoisotopic (exact) mass is 303 g/mol. The van der Waals surface area contributed by atoms with E-state index < -0.39 is 0 Å². The van der Waals surface area contributed by atoms with Crippen LogP contribution in [0.25, 0.3) is 0 Å². The highest BCUT2D eigenvalue weighted by Gasteiger charge is 2.37. The van der Waals surface area contributed by atoms with Gasteiger partial charge < -0.3 is 15.5 Å². The van der Waals surface area contributed by atoms with E-state index in [-0.39, 0.29) is 30.2 Å². The van der Waals surface area contributed by atoms with Gasteiger partial charge in [0.1, 0.15) is 0 Å². The third kappa shape index (κ3) is 3.30. The second-order valence-corrected chi connectivity index (χ2v) is 5.96. The van der Waals surface area contributed by atoms with Crippen molar-refractivity contribution in [2.45, 2.75) is 32.7 Å². The molecule has 1 fully saturated rings. The zero-order valence-corrected chi connectivity index (χ0v) is 13.6. The van der Waals surface area contributed by atoms with Gasteiger partial charge in [0.2, 0.25) is 11.8 Å². The van der Waals surface area contributed by atoms with E-state index in [0.717, 1.165) is 12.1 Å². The number of amides is 2. The zero-order chi connectivity index (χ0) is 16.3. The van der Waals surface area contributed by atoms with Crippen LogP contribution in [0, 0.1) is 5.92 Å². The quantitative estimate of drug-likeness (QED) is 0.894. The average molecular weight is 303 g/mol. The van der Waals surface area contributed by atoms with Crippen molar-refractivity contribution in [3.63, 3.8) is 0 Å². The number of anilines is 1. The summed E-state index contributed by atoms with van der Waals surface area (Å²) in [4.78, 5) is 28.1. The van der Waals surface area contributed by atoms with Crippen molar-refractivity contribution in [1.82, 2.24) is 4.90 Å². The summed E-state index contributed by atoms with van der Waals surface area (Å²) in [5, 5.41) is 0. The molecule has 0 radical (unpaired) electrons. The van der Waals surface area contributed by atoms with Crippen molar-refractivity contribution in [2.24, 2.45) is 11.7 Å². The summed E-state index contributed by atoms with van der Waals surface area (Å²) in [5.41, 5.74) is 7.71. The molecule has 2 atom stereocenters. The smallest absolute Gasteiger partial charge is 0.228 e. The van der Waals surface area contributed by atoms with Gasteiger partial charge in [-0.15, -0.1) is 0 Å². The number of carbonyl (C=O) groups excluding carboxylic acids is 2. The Labute approximate surface area is 132 Å². The van der Waals surface area contributed by atoms with Crippen LogP contribution >= 0.6 is 0 Å². The lowest BCUT2D eigenvalue weighted by atomic mass is 10.1. The van der Waals surface area contributed by atoms with Gasteiger partial charge in [-0.05, 0) is 31.0 Å². The topological polar surface area (TPSA) is 66.6 Å². The molecule has 2 unspecified atom stereocenters. The summed E-state index contributed by atoms with van der Waals surface area (Å²) in [6.07, 6.45) is 1.24. The fourth-order valence-electron chi connectivity index (χ4n) is 2.70. The van der Waals surface area contributed by atoms with Crippen LogP contribution < -0.4 is 10.6 Å². The molecule has 2 N–H and O–H groups in total. The van der Waals surface area contributed by atoms with Gasteiger partial charge in [0, 0.05) is 38.3 Å². The number of rotatable bonds is 5. The average Bonchev–Trinajstić information content (AvgIpc) is 2.94. The van der Waals surface area contributed by atoms with Gasteiger partial charge in [-0.3, -0.25) is 9.59 Å². The minimum atomic E-state index is -0.280. The molecule has 22 heavy (non-hydrogen) atoms. The highest BCUT2D eigenvalue weighted by molar-refractivity contribution is 6.00. The summed E-state index contributed by atoms with van der Waals surface area (Å²) in [5.74, 6) is -0.271. The molecule has 5 nitrogen and oxygen atoms in total. The molecule has 0 saturated carbocycles. The molecule has 0 aromatic heterocycles. The molecule has 0 bridgehead atoms. The molecular formula is C17H25N3O2. The first-order valence-electron chi connectivity index (χ1n) is 7.84. The van der Waals surface area contributed by atoms with Crippen molar-refractivity contribution < 1.29 is 9.59 Å². The van der Waals surface area contributed by atoms with Crippen LogP contribution in [0.3, 0.4) is 0 Å². The Bertz CT molecular complexity index is 541. The molecule has 1 aliphatic heterocycles. The third-order valence-corrected chi connectivity index (χ3v) is 4.48. The highest BCUT2D eigenvalue weighted by Crippen LogP contribution is 2.26. The largest absolute Gasteiger partial charge is 0.341 e. The van der Waals surface area contributed by atoms with Crippen LogP contribution in [0.5, 0.6) is 0 Å². The first kappa shape index (κ1) is 16.5. The number of likely N-dealkylation sites (N-methyl/N-ethyl adjacent to an activating group) is 1. The van der Waals surface area contributed by atoms with E-state index in [2.05, 4.69) is 6.92 Å². The predicted molar refractivity (Wildman–Crippen MR) is 87.6 cm³/mol. The van der Waals surface area contributed by atoms with Gasteiger partial charge in [-0.25, -0.2) is 0 Å². The van der Waals surface area contributed by atoms with Gasteiger partial charge in [0.15, 0.2) is 0 Å². The minimum absolute atomic E-state index is 0.000946. The second kappa shape index (κ2) is 6.92. The SMILES string of the molecule is CCc1ccc(N2CC(C(=O)N(C)C(C)CN)CC2=O)cc1. The van der Waals surface area contributed by atoms with E-state index in [1.165, 1.54) is 5.56 Å². The molecule has 120 valence electrons. The van der Waals surface area contributed by atoms with Gasteiger partial charge in [0.05, 0.1) is 5.92 Å². The van der Waals surface area contributed by atoms with Gasteiger partial charge in [-0.2, -0.15) is 0 Å². The normalized spacial score (nSPS) is 19.4. The van der Waals surface area contributed by atoms with E-state index in [1.807, 2.05) is 31.2 Å². The molecular weight excluding hydrogens is 278 g/mol. The number of hydrogen-bond donors (Lipinski definition) is 1. The number of carbonyl (C=O) groups is 2. The summed E-state index contributed by atoms with van der Waals surface area (Å²) < 4.78 is 0. The molecule has 5 heteroatoms. The Morgan fingerprint density at radius 2 is 2.05 bits per heavy atom. The van der Waals surface area contributed by atoms with Crippen molar-refractivity contribution >= 4 is 17.5 Å². The van der Waals surface area contributed by atoms with Crippen LogP contribution in [0.1, 0.15) is 25.8 Å². The predicted octanol–water partition coefficient (Wildman–Crippen LogP) is 1.41. The maximum Gasteiger partial charge on any atom is 0.228 e. The van der Waals surface area contributed by atoms with Crippen LogP contribution in [0.4, 0.5) is 5.69 Å². The van der Waals surface area contributed by atoms with E-state index >= 15 is 0 Å². The van der Waals surface area contributed by atoms with E-state index in [9.17, 15) is 9.59 Å². The van der Waals surface area contributed by atoms with Gasteiger partial charge in [0.25, 0.3) is 0 Å². The summed E-state index contributed by atoms with van der Waals surface area (Å²) in [6, 6.07) is 7.95. The molecule has 2 amide bonds. The first-order chi connectivity index (χ1) is 10.5. The van der Waals surface area contributed by atoms with Crippen molar-refractivity contribution in [3.8, 4) is 0 Å². The Morgan fingerprint density at radius 3 is 2.59 bits per heavy atom. The van der Waals surface area contributed by atoms with Crippen molar-refractivity contribution in [2.75, 3.05) is 25.0 Å². The summed E-state index contributed by atoms with van der Waals surface area (Å²) in [7, 11) is 1.75. The second-order valence-electron chi connectivity index (χ2n) is 5.96. The number of nitrogens with zero attached hydrogens (tertiary/aromatic N) is 2. The lowest BCUT2D eigenvalue weighted by Gasteiger charge is -2.26. The van der Waals surface area contributed by atoms with Crippen molar-refractivity contribution in [3.05, 3.63) is 29.8 Å². The number of hydrogen-bond acceptors (Lipinski definition) is 3. The fourth-order valence-corrected chi connectivity index (χ4v) is 2.70. The maximum absolute atomic E-state index is 12.5. The summed E-state index contributed by atoms with van der Waals surface area (Å²) >= 11 is 0. The van der Waals surface area contributed by atoms with Crippen molar-refractivity contribution in [1.29, 1.82) is 0 Å². The number of aryl methyl sites for hydroxylation is 1. The molecule has 1 aromatic carbocycles. The maximum atomic E-state index is 12.5. The molecule has 1 saturated heterocycles. The number of nitrogens with two attached hydrogens (primary N) is 1. The van der Waals surface area contributed by atoms with Crippen LogP contribution in [-0.2, 0) is 16.0 Å². The van der Waals surface area contributed by atoms with Crippen LogP contribution in [0.15, 0.2) is 24.3 Å². The van der Waals surface area contributed by atoms with E-state index in [4.69, 9.17) is 5.73 Å². The van der Waals surface area contributed by atoms with Gasteiger partial charge in [-0.1, -0.05) is 19.1 Å². The minimum Gasteiger partial charge on any atom is -0.341 e. The first-order valence-corrected chi connectivity index (χ1v) is 7.84. The zero-order valence-electron chi connectivity index (χ0n) is 13.6. The molecule has 1 aromatic rings. The lowest BCUT2D eigenvalue weighted by Crippen LogP contribution is -2.43. The fraction of sp³-hybridized carbons (Fsp3) is 0.529. The lowest BCUT2D eigenvalue weighted by molar-refractivity contribution is -0.136. The highest BCUT2D eigenvalue weighted by atomic mass is 16.2. The van der Waals surface area contributed by atoms with Crippen LogP contribution in [0.2, 0.25) is 0 Å². The Morgan fingerprint density at radius 1 is 1.41 bits per heavy atom. The molecule has 1 aliphatic rings. The van der Waals surface area contributed by atoms with Crippen LogP contribution in [-0.4, -0.2) is 42.9 Å². The van der Waals surface area contributed by atoms with E-state index in [0.29, 0.717) is 13.1 Å². The Balaban J connectivity index is 2.08. The third-order valence-electron chi connectivity index (χ3n) is 4.48. The Hall–Kier alpha value is -1.88. The van der Waals surface area contributed by atoms with Gasteiger partial charge >= 0.3 is 0 Å². The number of benzene rings is 1. The Kier molecular flexibility index (Phi) is 5.19.